The molecule has 7 heteroatoms. The monoisotopic (exact) mass is 372 g/mol. The number of carbonyl (C=O) groups excluding carboxylic acids is 1. The lowest BCUT2D eigenvalue weighted by molar-refractivity contribution is 0.102. The van der Waals surface area contributed by atoms with Crippen LogP contribution in [0.5, 0.6) is 0 Å². The summed E-state index contributed by atoms with van der Waals surface area (Å²) in [5, 5.41) is 9.59. The molecule has 2 N–H and O–H groups in total. The van der Waals surface area contributed by atoms with Crippen LogP contribution < -0.4 is 10.6 Å². The van der Waals surface area contributed by atoms with E-state index in [1.54, 1.807) is 25.3 Å². The van der Waals surface area contributed by atoms with Gasteiger partial charge in [-0.2, -0.15) is 0 Å². The SMILES string of the molecule is Cc1cc(NC(=O)c2cncc(Nc3ccc(Br)cc3)c2)no1. The lowest BCUT2D eigenvalue weighted by atomic mass is 10.2. The van der Waals surface area contributed by atoms with Crippen molar-refractivity contribution in [1.29, 1.82) is 0 Å². The summed E-state index contributed by atoms with van der Waals surface area (Å²) in [5.74, 6) is 0.702. The average molecular weight is 373 g/mol. The molecule has 3 aromatic rings. The van der Waals surface area contributed by atoms with Gasteiger partial charge < -0.3 is 15.2 Å². The Labute approximate surface area is 141 Å². The second-order valence-electron chi connectivity index (χ2n) is 4.87. The number of pyridine rings is 1. The molecule has 0 aliphatic carbocycles. The Kier molecular flexibility index (Phi) is 4.38. The molecule has 2 aromatic heterocycles. The highest BCUT2D eigenvalue weighted by Crippen LogP contribution is 2.19. The highest BCUT2D eigenvalue weighted by Gasteiger charge is 2.10. The number of aryl methyl sites for hydroxylation is 1. The smallest absolute Gasteiger partial charge is 0.258 e. The molecule has 0 bridgehead atoms. The number of benzene rings is 1. The number of aromatic nitrogens is 2. The van der Waals surface area contributed by atoms with Crippen molar-refractivity contribution >= 4 is 39.0 Å². The maximum Gasteiger partial charge on any atom is 0.258 e. The molecular weight excluding hydrogens is 360 g/mol. The maximum atomic E-state index is 12.2. The Hall–Kier alpha value is -2.67. The van der Waals surface area contributed by atoms with E-state index in [-0.39, 0.29) is 5.91 Å². The van der Waals surface area contributed by atoms with Gasteiger partial charge in [-0.1, -0.05) is 21.1 Å². The number of halogens is 1. The van der Waals surface area contributed by atoms with E-state index >= 15 is 0 Å². The second-order valence-corrected chi connectivity index (χ2v) is 5.79. The maximum absolute atomic E-state index is 12.2. The van der Waals surface area contributed by atoms with Gasteiger partial charge >= 0.3 is 0 Å². The minimum atomic E-state index is -0.301. The predicted octanol–water partition coefficient (Wildman–Crippen LogP) is 4.14. The Bertz CT molecular complexity index is 830. The third-order valence-electron chi connectivity index (χ3n) is 3.00. The molecule has 0 atom stereocenters. The summed E-state index contributed by atoms with van der Waals surface area (Å²) < 4.78 is 5.91. The summed E-state index contributed by atoms with van der Waals surface area (Å²) >= 11 is 3.39. The Morgan fingerprint density at radius 1 is 1.13 bits per heavy atom. The Morgan fingerprint density at radius 3 is 2.61 bits per heavy atom. The van der Waals surface area contributed by atoms with E-state index in [1.807, 2.05) is 24.3 Å². The molecule has 0 spiro atoms. The van der Waals surface area contributed by atoms with Gasteiger partial charge in [0.15, 0.2) is 5.82 Å². The Morgan fingerprint density at radius 2 is 1.91 bits per heavy atom. The van der Waals surface area contributed by atoms with Gasteiger partial charge in [-0.15, -0.1) is 0 Å². The quantitative estimate of drug-likeness (QED) is 0.719. The van der Waals surface area contributed by atoms with Gasteiger partial charge in [-0.25, -0.2) is 0 Å². The van der Waals surface area contributed by atoms with Gasteiger partial charge in [0.05, 0.1) is 17.4 Å². The number of hydrogen-bond acceptors (Lipinski definition) is 5. The van der Waals surface area contributed by atoms with Crippen LogP contribution in [0.1, 0.15) is 16.1 Å². The highest BCUT2D eigenvalue weighted by atomic mass is 79.9. The van der Waals surface area contributed by atoms with Crippen molar-refractivity contribution in [2.75, 3.05) is 10.6 Å². The number of anilines is 3. The molecule has 0 aliphatic rings. The fraction of sp³-hybridized carbons (Fsp3) is 0.0625. The number of hydrogen-bond donors (Lipinski definition) is 2. The molecule has 0 unspecified atom stereocenters. The van der Waals surface area contributed by atoms with Crippen LogP contribution in [0.2, 0.25) is 0 Å². The van der Waals surface area contributed by atoms with Gasteiger partial charge in [0.2, 0.25) is 0 Å². The molecule has 1 aromatic carbocycles. The standard InChI is InChI=1S/C16H13BrN4O2/c1-10-6-15(21-23-10)20-16(22)11-7-14(9-18-8-11)19-13-4-2-12(17)3-5-13/h2-9,19H,1H3,(H,20,21,22). The summed E-state index contributed by atoms with van der Waals surface area (Å²) in [6.07, 6.45) is 3.15. The minimum Gasteiger partial charge on any atom is -0.360 e. The first-order valence-corrected chi connectivity index (χ1v) is 7.62. The van der Waals surface area contributed by atoms with Crippen molar-refractivity contribution in [3.63, 3.8) is 0 Å². The number of amides is 1. The van der Waals surface area contributed by atoms with Gasteiger partial charge in [-0.05, 0) is 37.3 Å². The predicted molar refractivity (Wildman–Crippen MR) is 90.9 cm³/mol. The topological polar surface area (TPSA) is 80.0 Å². The van der Waals surface area contributed by atoms with E-state index in [0.29, 0.717) is 17.1 Å². The summed E-state index contributed by atoms with van der Waals surface area (Å²) in [6.45, 7) is 1.76. The van der Waals surface area contributed by atoms with Crippen LogP contribution in [0.4, 0.5) is 17.2 Å². The second kappa shape index (κ2) is 6.62. The van der Waals surface area contributed by atoms with E-state index < -0.39 is 0 Å². The lowest BCUT2D eigenvalue weighted by Gasteiger charge is -2.08. The molecule has 0 aliphatic heterocycles. The van der Waals surface area contributed by atoms with Crippen molar-refractivity contribution in [1.82, 2.24) is 10.1 Å². The highest BCUT2D eigenvalue weighted by molar-refractivity contribution is 9.10. The van der Waals surface area contributed by atoms with E-state index in [9.17, 15) is 4.79 Å². The van der Waals surface area contributed by atoms with Gasteiger partial charge in [0, 0.05) is 22.4 Å². The fourth-order valence-corrected chi connectivity index (χ4v) is 2.21. The molecule has 23 heavy (non-hydrogen) atoms. The van der Waals surface area contributed by atoms with E-state index in [4.69, 9.17) is 4.52 Å². The summed E-state index contributed by atoms with van der Waals surface area (Å²) in [6, 6.07) is 11.1. The third kappa shape index (κ3) is 3.95. The van der Waals surface area contributed by atoms with Crippen molar-refractivity contribution < 1.29 is 9.32 Å². The van der Waals surface area contributed by atoms with Crippen molar-refractivity contribution in [3.8, 4) is 0 Å². The molecule has 116 valence electrons. The zero-order valence-electron chi connectivity index (χ0n) is 12.2. The number of nitrogens with one attached hydrogen (secondary N) is 2. The molecule has 0 fully saturated rings. The van der Waals surface area contributed by atoms with Crippen LogP contribution in [-0.2, 0) is 0 Å². The average Bonchev–Trinajstić information content (AvgIpc) is 2.95. The van der Waals surface area contributed by atoms with Gasteiger partial charge in [0.25, 0.3) is 5.91 Å². The number of rotatable bonds is 4. The molecule has 2 heterocycles. The summed E-state index contributed by atoms with van der Waals surface area (Å²) in [5.41, 5.74) is 2.05. The third-order valence-corrected chi connectivity index (χ3v) is 3.53. The molecule has 1 amide bonds. The first kappa shape index (κ1) is 15.2. The zero-order chi connectivity index (χ0) is 16.2. The van der Waals surface area contributed by atoms with Crippen LogP contribution in [0.25, 0.3) is 0 Å². The normalized spacial score (nSPS) is 10.3. The van der Waals surface area contributed by atoms with Crippen LogP contribution in [-0.4, -0.2) is 16.0 Å². The first-order chi connectivity index (χ1) is 11.1. The molecular formula is C16H13BrN4O2. The van der Waals surface area contributed by atoms with Crippen molar-refractivity contribution in [3.05, 3.63) is 64.6 Å². The number of carbonyl (C=O) groups is 1. The van der Waals surface area contributed by atoms with Gasteiger partial charge in [-0.3, -0.25) is 9.78 Å². The van der Waals surface area contributed by atoms with Crippen LogP contribution in [0, 0.1) is 6.92 Å². The van der Waals surface area contributed by atoms with E-state index in [2.05, 4.69) is 36.7 Å². The molecule has 0 radical (unpaired) electrons. The van der Waals surface area contributed by atoms with E-state index in [1.165, 1.54) is 6.20 Å². The summed E-state index contributed by atoms with van der Waals surface area (Å²) in [7, 11) is 0. The summed E-state index contributed by atoms with van der Waals surface area (Å²) in [4.78, 5) is 16.3. The molecule has 0 saturated carbocycles. The zero-order valence-corrected chi connectivity index (χ0v) is 13.8. The van der Waals surface area contributed by atoms with Crippen LogP contribution >= 0.6 is 15.9 Å². The number of nitrogens with zero attached hydrogens (tertiary/aromatic N) is 2. The molecule has 0 saturated heterocycles. The lowest BCUT2D eigenvalue weighted by Crippen LogP contribution is -2.12. The van der Waals surface area contributed by atoms with Crippen molar-refractivity contribution in [2.24, 2.45) is 0 Å². The minimum absolute atomic E-state index is 0.301. The first-order valence-electron chi connectivity index (χ1n) is 6.82. The van der Waals surface area contributed by atoms with Gasteiger partial charge in [0.1, 0.15) is 5.76 Å². The van der Waals surface area contributed by atoms with Crippen LogP contribution in [0.15, 0.2) is 57.8 Å². The largest absolute Gasteiger partial charge is 0.360 e. The van der Waals surface area contributed by atoms with E-state index in [0.717, 1.165) is 15.8 Å². The van der Waals surface area contributed by atoms with Crippen molar-refractivity contribution in [2.45, 2.75) is 6.92 Å². The Balaban J connectivity index is 1.73. The van der Waals surface area contributed by atoms with Crippen LogP contribution in [0.3, 0.4) is 0 Å². The fourth-order valence-electron chi connectivity index (χ4n) is 1.95. The molecule has 3 rings (SSSR count). The molecule has 6 nitrogen and oxygen atoms in total.